The lowest BCUT2D eigenvalue weighted by Gasteiger charge is -2.21. The maximum atomic E-state index is 9.32. The van der Waals surface area contributed by atoms with E-state index in [9.17, 15) is 5.11 Å². The Balaban J connectivity index is 1.99. The highest BCUT2D eigenvalue weighted by molar-refractivity contribution is 5.34. The molecule has 1 aromatic rings. The molecule has 1 fully saturated rings. The van der Waals surface area contributed by atoms with Crippen LogP contribution in [0.3, 0.4) is 0 Å². The molecule has 2 nitrogen and oxygen atoms in total. The first-order chi connectivity index (χ1) is 8.86. The number of nitrogens with one attached hydrogen (secondary N) is 1. The fourth-order valence-corrected chi connectivity index (χ4v) is 2.36. The van der Waals surface area contributed by atoms with Gasteiger partial charge in [-0.25, -0.2) is 0 Å². The SMILES string of the molecule is Cc1ccc(C(C)(C)C)cc1CNCC1(CO)CC1. The molecular weight excluding hydrogens is 234 g/mol. The zero-order chi connectivity index (χ0) is 14.1. The van der Waals surface area contributed by atoms with Crippen LogP contribution in [0.5, 0.6) is 0 Å². The summed E-state index contributed by atoms with van der Waals surface area (Å²) in [5.41, 5.74) is 4.49. The first kappa shape index (κ1) is 14.5. The minimum Gasteiger partial charge on any atom is -0.396 e. The second-order valence-electron chi connectivity index (χ2n) is 7.15. The van der Waals surface area contributed by atoms with E-state index >= 15 is 0 Å². The lowest BCUT2D eigenvalue weighted by Crippen LogP contribution is -2.26. The predicted molar refractivity (Wildman–Crippen MR) is 80.3 cm³/mol. The Bertz CT molecular complexity index is 441. The topological polar surface area (TPSA) is 32.3 Å². The summed E-state index contributed by atoms with van der Waals surface area (Å²) in [6.07, 6.45) is 2.33. The lowest BCUT2D eigenvalue weighted by atomic mass is 9.85. The first-order valence-corrected chi connectivity index (χ1v) is 7.28. The van der Waals surface area contributed by atoms with Gasteiger partial charge in [0, 0.05) is 25.1 Å². The van der Waals surface area contributed by atoms with Gasteiger partial charge in [-0.1, -0.05) is 39.0 Å². The summed E-state index contributed by atoms with van der Waals surface area (Å²) in [4.78, 5) is 0. The molecule has 1 aliphatic rings. The van der Waals surface area contributed by atoms with Crippen LogP contribution in [-0.2, 0) is 12.0 Å². The van der Waals surface area contributed by atoms with Crippen LogP contribution >= 0.6 is 0 Å². The van der Waals surface area contributed by atoms with Crippen molar-refractivity contribution in [3.63, 3.8) is 0 Å². The Labute approximate surface area is 117 Å². The molecule has 19 heavy (non-hydrogen) atoms. The number of aliphatic hydroxyl groups excluding tert-OH is 1. The summed E-state index contributed by atoms with van der Waals surface area (Å²) in [7, 11) is 0. The average Bonchev–Trinajstić information content (AvgIpc) is 3.11. The predicted octanol–water partition coefficient (Wildman–Crippen LogP) is 3.15. The monoisotopic (exact) mass is 261 g/mol. The Morgan fingerprint density at radius 2 is 1.95 bits per heavy atom. The van der Waals surface area contributed by atoms with E-state index < -0.39 is 0 Å². The van der Waals surface area contributed by atoms with Gasteiger partial charge in [0.2, 0.25) is 0 Å². The number of benzene rings is 1. The van der Waals surface area contributed by atoms with Gasteiger partial charge < -0.3 is 10.4 Å². The molecule has 0 aromatic heterocycles. The molecule has 0 unspecified atom stereocenters. The Hall–Kier alpha value is -0.860. The van der Waals surface area contributed by atoms with Crippen LogP contribution in [0.15, 0.2) is 18.2 Å². The smallest absolute Gasteiger partial charge is 0.0499 e. The molecule has 0 amide bonds. The van der Waals surface area contributed by atoms with E-state index in [1.54, 1.807) is 0 Å². The van der Waals surface area contributed by atoms with Gasteiger partial charge in [-0.2, -0.15) is 0 Å². The standard InChI is InChI=1S/C17H27NO/c1-13-5-6-15(16(2,3)4)9-14(13)10-18-11-17(12-19)7-8-17/h5-6,9,18-19H,7-8,10-12H2,1-4H3. The molecule has 0 radical (unpaired) electrons. The number of hydrogen-bond donors (Lipinski definition) is 2. The van der Waals surface area contributed by atoms with Crippen LogP contribution in [0.25, 0.3) is 0 Å². The van der Waals surface area contributed by atoms with Crippen molar-refractivity contribution in [3.8, 4) is 0 Å². The second kappa shape index (κ2) is 5.26. The molecule has 0 saturated heterocycles. The molecule has 1 aromatic carbocycles. The Kier molecular flexibility index (Phi) is 4.03. The second-order valence-corrected chi connectivity index (χ2v) is 7.15. The van der Waals surface area contributed by atoms with Gasteiger partial charge in [-0.15, -0.1) is 0 Å². The van der Waals surface area contributed by atoms with Gasteiger partial charge in [0.05, 0.1) is 0 Å². The number of aryl methyl sites for hydroxylation is 1. The van der Waals surface area contributed by atoms with E-state index in [2.05, 4.69) is 51.2 Å². The summed E-state index contributed by atoms with van der Waals surface area (Å²) in [6.45, 7) is 11.1. The maximum absolute atomic E-state index is 9.32. The van der Waals surface area contributed by atoms with Crippen molar-refractivity contribution in [1.82, 2.24) is 5.32 Å². The van der Waals surface area contributed by atoms with Crippen molar-refractivity contribution in [1.29, 1.82) is 0 Å². The van der Waals surface area contributed by atoms with Crippen molar-refractivity contribution in [2.24, 2.45) is 5.41 Å². The zero-order valence-corrected chi connectivity index (χ0v) is 12.7. The quantitative estimate of drug-likeness (QED) is 0.853. The van der Waals surface area contributed by atoms with Crippen molar-refractivity contribution in [2.45, 2.75) is 52.5 Å². The molecule has 2 N–H and O–H groups in total. The zero-order valence-electron chi connectivity index (χ0n) is 12.7. The third-order valence-corrected chi connectivity index (χ3v) is 4.32. The lowest BCUT2D eigenvalue weighted by molar-refractivity contribution is 0.207. The van der Waals surface area contributed by atoms with Crippen LogP contribution in [0.1, 0.15) is 50.3 Å². The number of hydrogen-bond acceptors (Lipinski definition) is 2. The summed E-state index contributed by atoms with van der Waals surface area (Å²) >= 11 is 0. The fourth-order valence-electron chi connectivity index (χ4n) is 2.36. The summed E-state index contributed by atoms with van der Waals surface area (Å²) in [6, 6.07) is 6.77. The molecule has 1 saturated carbocycles. The molecule has 2 rings (SSSR count). The van der Waals surface area contributed by atoms with E-state index in [0.29, 0.717) is 6.61 Å². The summed E-state index contributed by atoms with van der Waals surface area (Å²) < 4.78 is 0. The molecule has 0 atom stereocenters. The molecule has 0 spiro atoms. The molecular formula is C17H27NO. The van der Waals surface area contributed by atoms with Crippen LogP contribution in [0, 0.1) is 12.3 Å². The molecule has 0 heterocycles. The fraction of sp³-hybridized carbons (Fsp3) is 0.647. The highest BCUT2D eigenvalue weighted by atomic mass is 16.3. The van der Waals surface area contributed by atoms with Gasteiger partial charge in [-0.3, -0.25) is 0 Å². The van der Waals surface area contributed by atoms with Crippen LogP contribution in [-0.4, -0.2) is 18.3 Å². The van der Waals surface area contributed by atoms with E-state index in [1.807, 2.05) is 0 Å². The van der Waals surface area contributed by atoms with E-state index in [-0.39, 0.29) is 10.8 Å². The van der Waals surface area contributed by atoms with Crippen LogP contribution in [0.2, 0.25) is 0 Å². The van der Waals surface area contributed by atoms with Crippen LogP contribution < -0.4 is 5.32 Å². The third-order valence-electron chi connectivity index (χ3n) is 4.32. The Morgan fingerprint density at radius 3 is 2.47 bits per heavy atom. The highest BCUT2D eigenvalue weighted by Crippen LogP contribution is 2.44. The Morgan fingerprint density at radius 1 is 1.26 bits per heavy atom. The molecule has 106 valence electrons. The molecule has 0 aliphatic heterocycles. The van der Waals surface area contributed by atoms with Gasteiger partial charge in [0.1, 0.15) is 0 Å². The minimum atomic E-state index is 0.190. The van der Waals surface area contributed by atoms with Gasteiger partial charge >= 0.3 is 0 Å². The molecule has 1 aliphatic carbocycles. The average molecular weight is 261 g/mol. The van der Waals surface area contributed by atoms with Crippen molar-refractivity contribution < 1.29 is 5.11 Å². The van der Waals surface area contributed by atoms with Crippen LogP contribution in [0.4, 0.5) is 0 Å². The van der Waals surface area contributed by atoms with E-state index in [1.165, 1.54) is 16.7 Å². The maximum Gasteiger partial charge on any atom is 0.0499 e. The van der Waals surface area contributed by atoms with Crippen molar-refractivity contribution in [2.75, 3.05) is 13.2 Å². The van der Waals surface area contributed by atoms with Gasteiger partial charge in [0.15, 0.2) is 0 Å². The van der Waals surface area contributed by atoms with E-state index in [4.69, 9.17) is 0 Å². The summed E-state index contributed by atoms with van der Waals surface area (Å²) in [5, 5.41) is 12.8. The van der Waals surface area contributed by atoms with Crippen molar-refractivity contribution >= 4 is 0 Å². The molecule has 2 heteroatoms. The largest absolute Gasteiger partial charge is 0.396 e. The highest BCUT2D eigenvalue weighted by Gasteiger charge is 2.41. The van der Waals surface area contributed by atoms with Crippen molar-refractivity contribution in [3.05, 3.63) is 34.9 Å². The first-order valence-electron chi connectivity index (χ1n) is 7.28. The van der Waals surface area contributed by atoms with E-state index in [0.717, 1.165) is 25.9 Å². The molecule has 0 bridgehead atoms. The number of aliphatic hydroxyl groups is 1. The van der Waals surface area contributed by atoms with Gasteiger partial charge in [0.25, 0.3) is 0 Å². The number of rotatable bonds is 5. The van der Waals surface area contributed by atoms with Gasteiger partial charge in [-0.05, 0) is 41.9 Å². The summed E-state index contributed by atoms with van der Waals surface area (Å²) in [5.74, 6) is 0. The minimum absolute atomic E-state index is 0.190. The third kappa shape index (κ3) is 3.58. The normalized spacial score (nSPS) is 17.5.